The molecule has 0 aliphatic heterocycles. The quantitative estimate of drug-likeness (QED) is 0.758. The molecule has 0 spiro atoms. The number of carbonyl (C=O) groups excluding carboxylic acids is 3. The Hall–Kier alpha value is -2.74. The lowest BCUT2D eigenvalue weighted by molar-refractivity contribution is -0.120. The Morgan fingerprint density at radius 3 is 2.27 bits per heavy atom. The summed E-state index contributed by atoms with van der Waals surface area (Å²) in [4.78, 5) is 36.2. The van der Waals surface area contributed by atoms with Crippen LogP contribution in [0.15, 0.2) is 47.4 Å². The lowest BCUT2D eigenvalue weighted by Gasteiger charge is -2.10. The fourth-order valence-electron chi connectivity index (χ4n) is 2.10. The molecule has 0 fully saturated rings. The third-order valence-electron chi connectivity index (χ3n) is 3.28. The van der Waals surface area contributed by atoms with Crippen molar-refractivity contribution < 1.29 is 23.2 Å². The number of halogens is 2. The molecule has 2 amide bonds. The van der Waals surface area contributed by atoms with Crippen LogP contribution in [0, 0.1) is 11.6 Å². The third kappa shape index (κ3) is 4.89. The third-order valence-corrected chi connectivity index (χ3v) is 4.25. The number of likely N-dealkylation sites (N-methyl/N-ethyl adjacent to an activating group) is 1. The van der Waals surface area contributed by atoms with Crippen molar-refractivity contribution in [2.75, 3.05) is 13.1 Å². The zero-order chi connectivity index (χ0) is 19.1. The molecule has 0 aromatic heterocycles. The Kier molecular flexibility index (Phi) is 6.85. The Bertz CT molecular complexity index is 823. The van der Waals surface area contributed by atoms with E-state index in [0.29, 0.717) is 18.3 Å². The van der Waals surface area contributed by atoms with E-state index in [2.05, 4.69) is 10.6 Å². The molecule has 0 saturated heterocycles. The van der Waals surface area contributed by atoms with Crippen LogP contribution in [0.1, 0.15) is 27.6 Å². The zero-order valence-electron chi connectivity index (χ0n) is 13.8. The van der Waals surface area contributed by atoms with Crippen molar-refractivity contribution in [1.29, 1.82) is 0 Å². The highest BCUT2D eigenvalue weighted by Gasteiger charge is 2.21. The van der Waals surface area contributed by atoms with Gasteiger partial charge in [-0.3, -0.25) is 14.4 Å². The van der Waals surface area contributed by atoms with Gasteiger partial charge in [0.25, 0.3) is 5.91 Å². The average molecular weight is 378 g/mol. The van der Waals surface area contributed by atoms with Gasteiger partial charge in [-0.2, -0.15) is 0 Å². The number of hydrogen-bond acceptors (Lipinski definition) is 4. The van der Waals surface area contributed by atoms with E-state index in [4.69, 9.17) is 0 Å². The van der Waals surface area contributed by atoms with E-state index in [1.807, 2.05) is 0 Å². The number of nitrogens with one attached hydrogen (secondary N) is 2. The largest absolute Gasteiger partial charge is 0.355 e. The van der Waals surface area contributed by atoms with Gasteiger partial charge in [0.2, 0.25) is 11.0 Å². The molecule has 26 heavy (non-hydrogen) atoms. The molecule has 0 radical (unpaired) electrons. The molecule has 2 aromatic rings. The lowest BCUT2D eigenvalue weighted by atomic mass is 10.2. The molecular formula is C18H16F2N2O3S. The normalized spacial score (nSPS) is 10.3. The van der Waals surface area contributed by atoms with Crippen molar-refractivity contribution in [2.24, 2.45) is 0 Å². The molecular weight excluding hydrogens is 362 g/mol. The van der Waals surface area contributed by atoms with Gasteiger partial charge in [-0.25, -0.2) is 8.78 Å². The van der Waals surface area contributed by atoms with Crippen molar-refractivity contribution >= 4 is 28.7 Å². The maximum Gasteiger partial charge on any atom is 0.252 e. The highest BCUT2D eigenvalue weighted by atomic mass is 32.2. The summed E-state index contributed by atoms with van der Waals surface area (Å²) in [5.74, 6) is -2.86. The van der Waals surface area contributed by atoms with Gasteiger partial charge < -0.3 is 10.6 Å². The van der Waals surface area contributed by atoms with E-state index in [1.165, 1.54) is 12.1 Å². The van der Waals surface area contributed by atoms with Gasteiger partial charge >= 0.3 is 0 Å². The van der Waals surface area contributed by atoms with Crippen LogP contribution in [0.5, 0.6) is 0 Å². The SMILES string of the molecule is CCNC(=O)CNC(=O)c1ccccc1SC(=O)c1c(F)cccc1F. The molecule has 5 nitrogen and oxygen atoms in total. The van der Waals surface area contributed by atoms with Gasteiger partial charge in [-0.05, 0) is 43.0 Å². The first-order valence-corrected chi connectivity index (χ1v) is 8.55. The number of amides is 2. The monoisotopic (exact) mass is 378 g/mol. The maximum atomic E-state index is 13.7. The topological polar surface area (TPSA) is 75.3 Å². The van der Waals surface area contributed by atoms with Crippen LogP contribution in [0.3, 0.4) is 0 Å². The first-order chi connectivity index (χ1) is 12.4. The van der Waals surface area contributed by atoms with Gasteiger partial charge in [0, 0.05) is 11.4 Å². The summed E-state index contributed by atoms with van der Waals surface area (Å²) in [5, 5.41) is 4.12. The first kappa shape index (κ1) is 19.6. The number of benzene rings is 2. The number of hydrogen-bond donors (Lipinski definition) is 2. The van der Waals surface area contributed by atoms with E-state index in [-0.39, 0.29) is 22.9 Å². The fourth-order valence-corrected chi connectivity index (χ4v) is 3.02. The zero-order valence-corrected chi connectivity index (χ0v) is 14.7. The van der Waals surface area contributed by atoms with Crippen molar-refractivity contribution in [3.05, 3.63) is 65.2 Å². The summed E-state index contributed by atoms with van der Waals surface area (Å²) in [6.45, 7) is 1.96. The lowest BCUT2D eigenvalue weighted by Crippen LogP contribution is -2.36. The highest BCUT2D eigenvalue weighted by Crippen LogP contribution is 2.28. The minimum atomic E-state index is -0.972. The average Bonchev–Trinajstić information content (AvgIpc) is 2.60. The molecule has 0 aliphatic rings. The first-order valence-electron chi connectivity index (χ1n) is 7.74. The molecule has 2 aromatic carbocycles. The molecule has 8 heteroatoms. The van der Waals surface area contributed by atoms with Crippen molar-refractivity contribution in [1.82, 2.24) is 10.6 Å². The Morgan fingerprint density at radius 1 is 0.962 bits per heavy atom. The predicted molar refractivity (Wildman–Crippen MR) is 94.0 cm³/mol. The van der Waals surface area contributed by atoms with Gasteiger partial charge in [-0.15, -0.1) is 0 Å². The number of rotatable bonds is 6. The maximum absolute atomic E-state index is 13.7. The molecule has 136 valence electrons. The van der Waals surface area contributed by atoms with Crippen molar-refractivity contribution in [2.45, 2.75) is 11.8 Å². The second-order valence-corrected chi connectivity index (χ2v) is 6.13. The fraction of sp³-hybridized carbons (Fsp3) is 0.167. The Morgan fingerprint density at radius 2 is 1.62 bits per heavy atom. The molecule has 0 saturated carbocycles. The standard InChI is InChI=1S/C18H16F2N2O3S/c1-2-21-15(23)10-22-17(24)11-6-3-4-9-14(11)26-18(25)16-12(19)7-5-8-13(16)20/h3-9H,2,10H2,1H3,(H,21,23)(H,22,24). The van der Waals surface area contributed by atoms with Crippen molar-refractivity contribution in [3.8, 4) is 0 Å². The van der Waals surface area contributed by atoms with Gasteiger partial charge in [0.05, 0.1) is 12.1 Å². The van der Waals surface area contributed by atoms with Crippen molar-refractivity contribution in [3.63, 3.8) is 0 Å². The van der Waals surface area contributed by atoms with Crippen LogP contribution < -0.4 is 10.6 Å². The Labute approximate surface area is 153 Å². The van der Waals surface area contributed by atoms with Gasteiger partial charge in [-0.1, -0.05) is 18.2 Å². The van der Waals surface area contributed by atoms with Crippen LogP contribution in [-0.4, -0.2) is 30.0 Å². The number of carbonyl (C=O) groups is 3. The van der Waals surface area contributed by atoms with E-state index in [1.54, 1.807) is 19.1 Å². The summed E-state index contributed by atoms with van der Waals surface area (Å²) < 4.78 is 27.5. The summed E-state index contributed by atoms with van der Waals surface area (Å²) in [6.07, 6.45) is 0. The van der Waals surface area contributed by atoms with Crippen LogP contribution in [0.25, 0.3) is 0 Å². The van der Waals surface area contributed by atoms with E-state index >= 15 is 0 Å². The molecule has 0 bridgehead atoms. The van der Waals surface area contributed by atoms with Crippen LogP contribution in [0.4, 0.5) is 8.78 Å². The minimum Gasteiger partial charge on any atom is -0.355 e. The predicted octanol–water partition coefficient (Wildman–Crippen LogP) is 2.76. The summed E-state index contributed by atoms with van der Waals surface area (Å²) in [6, 6.07) is 9.26. The summed E-state index contributed by atoms with van der Waals surface area (Å²) in [7, 11) is 0. The molecule has 0 aliphatic carbocycles. The van der Waals surface area contributed by atoms with E-state index < -0.39 is 28.2 Å². The highest BCUT2D eigenvalue weighted by molar-refractivity contribution is 8.14. The summed E-state index contributed by atoms with van der Waals surface area (Å²) >= 11 is 0.544. The molecule has 2 rings (SSSR count). The number of thioether (sulfide) groups is 1. The van der Waals surface area contributed by atoms with Gasteiger partial charge in [0.15, 0.2) is 0 Å². The second-order valence-electron chi connectivity index (χ2n) is 5.12. The Balaban J connectivity index is 2.17. The second kappa shape index (κ2) is 9.10. The van der Waals surface area contributed by atoms with Crippen LogP contribution in [0.2, 0.25) is 0 Å². The van der Waals surface area contributed by atoms with Crippen LogP contribution >= 0.6 is 11.8 Å². The van der Waals surface area contributed by atoms with E-state index in [9.17, 15) is 23.2 Å². The molecule has 0 unspecified atom stereocenters. The van der Waals surface area contributed by atoms with Gasteiger partial charge in [0.1, 0.15) is 17.2 Å². The molecule has 2 N–H and O–H groups in total. The van der Waals surface area contributed by atoms with E-state index in [0.717, 1.165) is 18.2 Å². The minimum absolute atomic E-state index is 0.131. The molecule has 0 atom stereocenters. The molecule has 0 heterocycles. The summed E-state index contributed by atoms with van der Waals surface area (Å²) in [5.41, 5.74) is -0.540. The smallest absolute Gasteiger partial charge is 0.252 e. The van der Waals surface area contributed by atoms with Crippen LogP contribution in [-0.2, 0) is 4.79 Å².